The Bertz CT molecular complexity index is 852. The van der Waals surface area contributed by atoms with E-state index in [0.717, 1.165) is 28.0 Å². The van der Waals surface area contributed by atoms with Crippen molar-refractivity contribution in [1.29, 1.82) is 0 Å². The lowest BCUT2D eigenvalue weighted by Crippen LogP contribution is -2.16. The van der Waals surface area contributed by atoms with Gasteiger partial charge in [-0.25, -0.2) is 4.52 Å². The van der Waals surface area contributed by atoms with Crippen molar-refractivity contribution in [3.8, 4) is 11.1 Å². The van der Waals surface area contributed by atoms with Crippen LogP contribution < -0.4 is 5.32 Å². The lowest BCUT2D eigenvalue weighted by atomic mass is 10.0. The number of pyridine rings is 1. The molecule has 2 N–H and O–H groups in total. The molecule has 3 heterocycles. The number of carbonyl (C=O) groups is 1. The van der Waals surface area contributed by atoms with E-state index in [1.54, 1.807) is 23.0 Å². The Morgan fingerprint density at radius 3 is 2.91 bits per heavy atom. The molecule has 0 radical (unpaired) electrons. The van der Waals surface area contributed by atoms with Gasteiger partial charge in [0.15, 0.2) is 0 Å². The highest BCUT2D eigenvalue weighted by atomic mass is 16.1. The highest BCUT2D eigenvalue weighted by Gasteiger charge is 2.14. The van der Waals surface area contributed by atoms with Gasteiger partial charge in [0.1, 0.15) is 0 Å². The topological polar surface area (TPSA) is 75.1 Å². The molecule has 0 saturated heterocycles. The molecule has 22 heavy (non-hydrogen) atoms. The molecule has 0 spiro atoms. The van der Waals surface area contributed by atoms with Crippen LogP contribution in [0.25, 0.3) is 16.6 Å². The highest BCUT2D eigenvalue weighted by molar-refractivity contribution is 6.01. The van der Waals surface area contributed by atoms with Crippen LogP contribution in [-0.4, -0.2) is 25.7 Å². The molecule has 0 saturated carbocycles. The number of aromatic amines is 1. The molecule has 3 rings (SSSR count). The predicted molar refractivity (Wildman–Crippen MR) is 84.5 cm³/mol. The second-order valence-electron chi connectivity index (χ2n) is 5.09. The van der Waals surface area contributed by atoms with Crippen molar-refractivity contribution in [3.63, 3.8) is 0 Å². The summed E-state index contributed by atoms with van der Waals surface area (Å²) < 4.78 is 1.69. The van der Waals surface area contributed by atoms with E-state index in [1.165, 1.54) is 0 Å². The van der Waals surface area contributed by atoms with E-state index in [9.17, 15) is 4.79 Å². The number of hydrogen-bond acceptors (Lipinski definition) is 3. The van der Waals surface area contributed by atoms with Crippen LogP contribution in [-0.2, 0) is 0 Å². The molecule has 0 unspecified atom stereocenters. The number of nitrogens with one attached hydrogen (secondary N) is 2. The Balaban J connectivity index is 2.11. The zero-order chi connectivity index (χ0) is 15.7. The van der Waals surface area contributed by atoms with Crippen molar-refractivity contribution in [2.45, 2.75) is 20.8 Å². The van der Waals surface area contributed by atoms with Crippen molar-refractivity contribution < 1.29 is 4.79 Å². The third-order valence-corrected chi connectivity index (χ3v) is 3.56. The molecular formula is C16H17N5O. The first-order valence-electron chi connectivity index (χ1n) is 7.03. The quantitative estimate of drug-likeness (QED) is 0.780. The van der Waals surface area contributed by atoms with Crippen LogP contribution in [0.4, 0.5) is 0 Å². The van der Waals surface area contributed by atoms with Crippen molar-refractivity contribution in [1.82, 2.24) is 25.1 Å². The van der Waals surface area contributed by atoms with Gasteiger partial charge in [-0.05, 0) is 44.7 Å². The number of hydrogen-bond donors (Lipinski definition) is 2. The number of amides is 1. The van der Waals surface area contributed by atoms with Crippen LogP contribution in [0.3, 0.4) is 0 Å². The smallest absolute Gasteiger partial charge is 0.259 e. The summed E-state index contributed by atoms with van der Waals surface area (Å²) in [4.78, 5) is 12.2. The predicted octanol–water partition coefficient (Wildman–Crippen LogP) is 2.60. The molecule has 0 bridgehead atoms. The van der Waals surface area contributed by atoms with Crippen molar-refractivity contribution in [2.24, 2.45) is 0 Å². The fourth-order valence-electron chi connectivity index (χ4n) is 2.52. The Kier molecular flexibility index (Phi) is 3.50. The van der Waals surface area contributed by atoms with Crippen molar-refractivity contribution in [2.75, 3.05) is 0 Å². The Morgan fingerprint density at radius 1 is 1.41 bits per heavy atom. The summed E-state index contributed by atoms with van der Waals surface area (Å²) >= 11 is 0. The number of allylic oxidation sites excluding steroid dienone is 1. The molecule has 6 heteroatoms. The van der Waals surface area contributed by atoms with Crippen LogP contribution in [0.1, 0.15) is 28.7 Å². The molecule has 3 aromatic heterocycles. The molecule has 0 fully saturated rings. The maximum absolute atomic E-state index is 12.2. The molecule has 3 aromatic rings. The Morgan fingerprint density at radius 2 is 2.23 bits per heavy atom. The van der Waals surface area contributed by atoms with E-state index in [1.807, 2.05) is 39.1 Å². The number of nitrogens with zero attached hydrogens (tertiary/aromatic N) is 3. The average Bonchev–Trinajstić information content (AvgIpc) is 3.07. The van der Waals surface area contributed by atoms with Gasteiger partial charge in [0, 0.05) is 17.5 Å². The largest absolute Gasteiger partial charge is 0.329 e. The van der Waals surface area contributed by atoms with E-state index in [0.29, 0.717) is 5.56 Å². The number of H-pyrrole nitrogens is 1. The summed E-state index contributed by atoms with van der Waals surface area (Å²) in [6, 6.07) is 3.93. The molecule has 0 aromatic carbocycles. The van der Waals surface area contributed by atoms with Gasteiger partial charge in [0.25, 0.3) is 5.91 Å². The summed E-state index contributed by atoms with van der Waals surface area (Å²) in [5.41, 5.74) is 5.31. The van der Waals surface area contributed by atoms with Crippen LogP contribution in [0, 0.1) is 13.8 Å². The van der Waals surface area contributed by atoms with Crippen LogP contribution in [0.15, 0.2) is 36.8 Å². The van der Waals surface area contributed by atoms with Gasteiger partial charge >= 0.3 is 0 Å². The maximum atomic E-state index is 12.2. The SMILES string of the molecule is C/C=C\NC(=O)c1cnn2ccc(-c3c(C)n[nH]c3C)cc12. The second-order valence-corrected chi connectivity index (χ2v) is 5.09. The van der Waals surface area contributed by atoms with Crippen molar-refractivity contribution >= 4 is 11.4 Å². The summed E-state index contributed by atoms with van der Waals surface area (Å²) in [6.45, 7) is 5.79. The number of aromatic nitrogens is 4. The van der Waals surface area contributed by atoms with Gasteiger partial charge in [-0.3, -0.25) is 9.89 Å². The number of carbonyl (C=O) groups excluding carboxylic acids is 1. The minimum absolute atomic E-state index is 0.175. The van der Waals surface area contributed by atoms with Gasteiger partial charge < -0.3 is 5.32 Å². The minimum Gasteiger partial charge on any atom is -0.329 e. The van der Waals surface area contributed by atoms with Gasteiger partial charge in [-0.15, -0.1) is 0 Å². The molecule has 0 atom stereocenters. The molecule has 6 nitrogen and oxygen atoms in total. The molecule has 0 aliphatic carbocycles. The average molecular weight is 295 g/mol. The second kappa shape index (κ2) is 5.48. The first-order valence-corrected chi connectivity index (χ1v) is 7.03. The monoisotopic (exact) mass is 295 g/mol. The molecule has 0 aliphatic heterocycles. The summed E-state index contributed by atoms with van der Waals surface area (Å²) in [6.07, 6.45) is 6.81. The number of rotatable bonds is 3. The summed E-state index contributed by atoms with van der Waals surface area (Å²) in [5.74, 6) is -0.175. The Hall–Kier alpha value is -2.89. The third kappa shape index (κ3) is 2.28. The van der Waals surface area contributed by atoms with E-state index in [-0.39, 0.29) is 5.91 Å². The van der Waals surface area contributed by atoms with Crippen LogP contribution >= 0.6 is 0 Å². The standard InChI is InChI=1S/C16H17N5O/c1-4-6-17-16(22)13-9-18-21-7-5-12(8-14(13)21)15-10(2)19-20-11(15)3/h4-9H,1-3H3,(H,17,22)(H,19,20)/b6-4-. The number of fused-ring (bicyclic) bond motifs is 1. The Labute approximate surface area is 127 Å². The van der Waals surface area contributed by atoms with Gasteiger partial charge in [0.2, 0.25) is 0 Å². The van der Waals surface area contributed by atoms with E-state index in [4.69, 9.17) is 0 Å². The van der Waals surface area contributed by atoms with Gasteiger partial charge in [-0.2, -0.15) is 10.2 Å². The maximum Gasteiger partial charge on any atom is 0.259 e. The fourth-order valence-corrected chi connectivity index (χ4v) is 2.52. The molecular weight excluding hydrogens is 278 g/mol. The van der Waals surface area contributed by atoms with E-state index in [2.05, 4.69) is 20.6 Å². The highest BCUT2D eigenvalue weighted by Crippen LogP contribution is 2.27. The number of aryl methyl sites for hydroxylation is 2. The molecule has 0 aliphatic rings. The summed E-state index contributed by atoms with van der Waals surface area (Å²) in [5, 5.41) is 14.1. The fraction of sp³-hybridized carbons (Fsp3) is 0.188. The first kappa shape index (κ1) is 14.1. The first-order chi connectivity index (χ1) is 10.6. The van der Waals surface area contributed by atoms with E-state index >= 15 is 0 Å². The normalized spacial score (nSPS) is 11.4. The van der Waals surface area contributed by atoms with Gasteiger partial charge in [0.05, 0.1) is 23.0 Å². The minimum atomic E-state index is -0.175. The summed E-state index contributed by atoms with van der Waals surface area (Å²) in [7, 11) is 0. The molecule has 112 valence electrons. The lowest BCUT2D eigenvalue weighted by Gasteiger charge is -2.04. The lowest BCUT2D eigenvalue weighted by molar-refractivity contribution is 0.0971. The zero-order valence-corrected chi connectivity index (χ0v) is 12.7. The molecule has 1 amide bonds. The van der Waals surface area contributed by atoms with Crippen LogP contribution in [0.2, 0.25) is 0 Å². The van der Waals surface area contributed by atoms with Gasteiger partial charge in [-0.1, -0.05) is 6.08 Å². The van der Waals surface area contributed by atoms with Crippen molar-refractivity contribution in [3.05, 3.63) is 53.8 Å². The third-order valence-electron chi connectivity index (χ3n) is 3.56. The van der Waals surface area contributed by atoms with E-state index < -0.39 is 0 Å². The zero-order valence-electron chi connectivity index (χ0n) is 12.7. The van der Waals surface area contributed by atoms with Crippen LogP contribution in [0.5, 0.6) is 0 Å².